The highest BCUT2D eigenvalue weighted by Crippen LogP contribution is 2.30. The van der Waals surface area contributed by atoms with Crippen molar-refractivity contribution in [3.8, 4) is 0 Å². The highest BCUT2D eigenvalue weighted by Gasteiger charge is 2.24. The van der Waals surface area contributed by atoms with Crippen LogP contribution >= 0.6 is 0 Å². The molecule has 0 saturated heterocycles. The molecule has 1 saturated carbocycles. The van der Waals surface area contributed by atoms with Crippen LogP contribution in [0.4, 0.5) is 17.5 Å². The second kappa shape index (κ2) is 9.38. The van der Waals surface area contributed by atoms with E-state index in [1.165, 1.54) is 17.3 Å². The van der Waals surface area contributed by atoms with Gasteiger partial charge in [-0.3, -0.25) is 10.1 Å². The number of nitrogens with zero attached hydrogens (tertiary/aromatic N) is 3. The lowest BCUT2D eigenvalue weighted by atomic mass is 9.82. The van der Waals surface area contributed by atoms with Gasteiger partial charge in [0.1, 0.15) is 6.20 Å². The molecular formula is C22H30N6O2. The SMILES string of the molecule is NCC1CCC(CNc2nc(N[C@H]3CCc4ccccc4C3)ncc2[N+](=O)[O-])CC1. The molecule has 8 nitrogen and oxygen atoms in total. The summed E-state index contributed by atoms with van der Waals surface area (Å²) in [5.74, 6) is 1.86. The van der Waals surface area contributed by atoms with Crippen LogP contribution in [0.25, 0.3) is 0 Å². The van der Waals surface area contributed by atoms with Crippen LogP contribution in [0.15, 0.2) is 30.5 Å². The Morgan fingerprint density at radius 2 is 1.83 bits per heavy atom. The number of hydrogen-bond acceptors (Lipinski definition) is 7. The first-order valence-electron chi connectivity index (χ1n) is 10.9. The minimum atomic E-state index is -0.422. The molecule has 160 valence electrons. The zero-order valence-electron chi connectivity index (χ0n) is 17.2. The van der Waals surface area contributed by atoms with Crippen LogP contribution < -0.4 is 16.4 Å². The van der Waals surface area contributed by atoms with Crippen LogP contribution in [-0.2, 0) is 12.8 Å². The molecule has 1 fully saturated rings. The summed E-state index contributed by atoms with van der Waals surface area (Å²) in [7, 11) is 0. The molecule has 0 unspecified atom stereocenters. The Morgan fingerprint density at radius 3 is 2.57 bits per heavy atom. The van der Waals surface area contributed by atoms with Gasteiger partial charge >= 0.3 is 5.69 Å². The van der Waals surface area contributed by atoms with E-state index in [1.54, 1.807) is 0 Å². The summed E-state index contributed by atoms with van der Waals surface area (Å²) in [5.41, 5.74) is 8.43. The summed E-state index contributed by atoms with van der Waals surface area (Å²) in [6.45, 7) is 1.43. The van der Waals surface area contributed by atoms with E-state index in [-0.39, 0.29) is 11.7 Å². The van der Waals surface area contributed by atoms with Crippen LogP contribution in [0.3, 0.4) is 0 Å². The van der Waals surface area contributed by atoms with Gasteiger partial charge in [0.05, 0.1) is 4.92 Å². The Labute approximate surface area is 176 Å². The predicted molar refractivity (Wildman–Crippen MR) is 118 cm³/mol. The Kier molecular flexibility index (Phi) is 6.42. The third-order valence-electron chi connectivity index (χ3n) is 6.50. The third-order valence-corrected chi connectivity index (χ3v) is 6.50. The van der Waals surface area contributed by atoms with Crippen molar-refractivity contribution in [2.45, 2.75) is 51.0 Å². The molecule has 30 heavy (non-hydrogen) atoms. The molecule has 0 amide bonds. The van der Waals surface area contributed by atoms with Crippen molar-refractivity contribution in [2.24, 2.45) is 17.6 Å². The van der Waals surface area contributed by atoms with Gasteiger partial charge in [-0.15, -0.1) is 0 Å². The molecule has 0 bridgehead atoms. The zero-order valence-corrected chi connectivity index (χ0v) is 17.2. The molecule has 1 aromatic carbocycles. The lowest BCUT2D eigenvalue weighted by Crippen LogP contribution is -2.28. The Hall–Kier alpha value is -2.74. The summed E-state index contributed by atoms with van der Waals surface area (Å²) < 4.78 is 0. The highest BCUT2D eigenvalue weighted by atomic mass is 16.6. The van der Waals surface area contributed by atoms with Gasteiger partial charge in [-0.1, -0.05) is 24.3 Å². The Bertz CT molecular complexity index is 882. The fourth-order valence-corrected chi connectivity index (χ4v) is 4.62. The number of anilines is 2. The molecule has 2 aromatic rings. The molecule has 1 atom stereocenters. The third kappa shape index (κ3) is 4.87. The fourth-order valence-electron chi connectivity index (χ4n) is 4.62. The van der Waals surface area contributed by atoms with E-state index >= 15 is 0 Å². The van der Waals surface area contributed by atoms with Crippen LogP contribution in [0.5, 0.6) is 0 Å². The average Bonchev–Trinajstić information content (AvgIpc) is 2.78. The first-order valence-corrected chi connectivity index (χ1v) is 10.9. The molecule has 8 heteroatoms. The van der Waals surface area contributed by atoms with E-state index in [4.69, 9.17) is 5.73 Å². The lowest BCUT2D eigenvalue weighted by molar-refractivity contribution is -0.384. The van der Waals surface area contributed by atoms with E-state index in [2.05, 4.69) is 44.9 Å². The highest BCUT2D eigenvalue weighted by molar-refractivity contribution is 5.57. The topological polar surface area (TPSA) is 119 Å². The van der Waals surface area contributed by atoms with Crippen LogP contribution in [0, 0.1) is 22.0 Å². The van der Waals surface area contributed by atoms with Gasteiger partial charge in [0.15, 0.2) is 0 Å². The second-order valence-electron chi connectivity index (χ2n) is 8.54. The Balaban J connectivity index is 1.41. The summed E-state index contributed by atoms with van der Waals surface area (Å²) >= 11 is 0. The minimum Gasteiger partial charge on any atom is -0.364 e. The second-order valence-corrected chi connectivity index (χ2v) is 8.54. The van der Waals surface area contributed by atoms with Crippen molar-refractivity contribution in [2.75, 3.05) is 23.7 Å². The van der Waals surface area contributed by atoms with Crippen molar-refractivity contribution >= 4 is 17.5 Å². The first kappa shape index (κ1) is 20.5. The maximum atomic E-state index is 11.4. The van der Waals surface area contributed by atoms with Gasteiger partial charge in [-0.2, -0.15) is 4.98 Å². The van der Waals surface area contributed by atoms with Crippen LogP contribution in [0.2, 0.25) is 0 Å². The van der Waals surface area contributed by atoms with Gasteiger partial charge in [0.25, 0.3) is 0 Å². The van der Waals surface area contributed by atoms with E-state index < -0.39 is 4.92 Å². The zero-order chi connectivity index (χ0) is 20.9. The quantitative estimate of drug-likeness (QED) is 0.472. The molecule has 2 aliphatic carbocycles. The van der Waals surface area contributed by atoms with Crippen molar-refractivity contribution in [3.05, 3.63) is 51.7 Å². The fraction of sp³-hybridized carbons (Fsp3) is 0.545. The number of aryl methyl sites for hydroxylation is 1. The summed E-state index contributed by atoms with van der Waals surface area (Å²) in [4.78, 5) is 19.7. The molecule has 4 N–H and O–H groups in total. The van der Waals surface area contributed by atoms with E-state index in [0.717, 1.165) is 51.5 Å². The first-order chi connectivity index (χ1) is 14.6. The molecule has 4 rings (SSSR count). The summed E-state index contributed by atoms with van der Waals surface area (Å²) in [5, 5.41) is 18.1. The van der Waals surface area contributed by atoms with E-state index in [9.17, 15) is 10.1 Å². The normalized spacial score (nSPS) is 23.4. The number of nitro groups is 1. The summed E-state index contributed by atoms with van der Waals surface area (Å²) in [6, 6.07) is 8.70. The van der Waals surface area contributed by atoms with Crippen LogP contribution in [0.1, 0.15) is 43.2 Å². The standard InChI is InChI=1S/C22H30N6O2/c23-12-15-5-7-16(8-6-15)13-24-21-20(28(29)30)14-25-22(27-21)26-19-10-9-17-3-1-2-4-18(17)11-19/h1-4,14-16,19H,5-13,23H2,(H2,24,25,26,27)/t15?,16?,19-/m0/s1. The van der Waals surface area contributed by atoms with Crippen molar-refractivity contribution in [1.82, 2.24) is 9.97 Å². The minimum absolute atomic E-state index is 0.0785. The lowest BCUT2D eigenvalue weighted by Gasteiger charge is -2.28. The van der Waals surface area contributed by atoms with Gasteiger partial charge in [-0.25, -0.2) is 4.98 Å². The molecule has 0 radical (unpaired) electrons. The number of benzene rings is 1. The molecule has 0 aliphatic heterocycles. The van der Waals surface area contributed by atoms with Crippen molar-refractivity contribution < 1.29 is 4.92 Å². The molecular weight excluding hydrogens is 380 g/mol. The van der Waals surface area contributed by atoms with Gasteiger partial charge in [0.2, 0.25) is 11.8 Å². The Morgan fingerprint density at radius 1 is 1.10 bits per heavy atom. The van der Waals surface area contributed by atoms with E-state index in [1.807, 2.05) is 0 Å². The number of nitrogens with one attached hydrogen (secondary N) is 2. The number of nitrogens with two attached hydrogens (primary N) is 1. The molecule has 0 spiro atoms. The number of aromatic nitrogens is 2. The average molecular weight is 411 g/mol. The molecule has 1 heterocycles. The number of rotatable bonds is 7. The van der Waals surface area contributed by atoms with E-state index in [0.29, 0.717) is 30.1 Å². The number of hydrogen-bond donors (Lipinski definition) is 3. The maximum absolute atomic E-state index is 11.4. The predicted octanol–water partition coefficient (Wildman–Crippen LogP) is 3.53. The van der Waals surface area contributed by atoms with Crippen LogP contribution in [-0.4, -0.2) is 34.0 Å². The summed E-state index contributed by atoms with van der Waals surface area (Å²) in [6.07, 6.45) is 8.67. The number of fused-ring (bicyclic) bond motifs is 1. The van der Waals surface area contributed by atoms with Crippen molar-refractivity contribution in [1.29, 1.82) is 0 Å². The smallest absolute Gasteiger partial charge is 0.329 e. The molecule has 2 aliphatic rings. The van der Waals surface area contributed by atoms with Gasteiger partial charge in [-0.05, 0) is 74.5 Å². The monoisotopic (exact) mass is 410 g/mol. The van der Waals surface area contributed by atoms with Gasteiger partial charge < -0.3 is 16.4 Å². The maximum Gasteiger partial charge on any atom is 0.329 e. The molecule has 1 aromatic heterocycles. The van der Waals surface area contributed by atoms with Gasteiger partial charge in [0, 0.05) is 12.6 Å². The largest absolute Gasteiger partial charge is 0.364 e. The van der Waals surface area contributed by atoms with Crippen molar-refractivity contribution in [3.63, 3.8) is 0 Å².